The maximum atomic E-state index is 5.13. The summed E-state index contributed by atoms with van der Waals surface area (Å²) in [6.07, 6.45) is 1.19. The minimum Gasteiger partial charge on any atom is -0.497 e. The van der Waals surface area contributed by atoms with Crippen LogP contribution in [0.25, 0.3) is 0 Å². The van der Waals surface area contributed by atoms with E-state index in [-0.39, 0.29) is 0 Å². The standard InChI is InChI=1S/C12H15NOS2/c1-9-7-8-15-12(13-9)16-11-5-3-10(14-2)4-6-11/h3-6,9H,7-8H2,1-2H3. The molecule has 1 aromatic rings. The van der Waals surface area contributed by atoms with Gasteiger partial charge in [0.25, 0.3) is 0 Å². The molecule has 0 N–H and O–H groups in total. The summed E-state index contributed by atoms with van der Waals surface area (Å²) in [7, 11) is 1.69. The molecule has 1 aliphatic heterocycles. The highest BCUT2D eigenvalue weighted by atomic mass is 32.2. The molecular formula is C12H15NOS2. The number of aliphatic imine (C=N–C) groups is 1. The van der Waals surface area contributed by atoms with Gasteiger partial charge in [0.1, 0.15) is 10.1 Å². The highest BCUT2D eigenvalue weighted by molar-refractivity contribution is 8.38. The van der Waals surface area contributed by atoms with Crippen LogP contribution in [-0.4, -0.2) is 23.3 Å². The summed E-state index contributed by atoms with van der Waals surface area (Å²) in [4.78, 5) is 5.85. The lowest BCUT2D eigenvalue weighted by Gasteiger charge is -2.15. The van der Waals surface area contributed by atoms with Crippen LogP contribution in [0.3, 0.4) is 0 Å². The fourth-order valence-electron chi connectivity index (χ4n) is 1.40. The van der Waals surface area contributed by atoms with Crippen molar-refractivity contribution in [2.75, 3.05) is 12.9 Å². The van der Waals surface area contributed by atoms with E-state index in [4.69, 9.17) is 4.74 Å². The summed E-state index contributed by atoms with van der Waals surface area (Å²) in [6, 6.07) is 8.60. The molecule has 86 valence electrons. The monoisotopic (exact) mass is 253 g/mol. The second kappa shape index (κ2) is 5.64. The van der Waals surface area contributed by atoms with Crippen molar-refractivity contribution in [2.45, 2.75) is 24.3 Å². The Morgan fingerprint density at radius 2 is 2.12 bits per heavy atom. The Kier molecular flexibility index (Phi) is 4.18. The summed E-state index contributed by atoms with van der Waals surface area (Å²) in [5, 5.41) is 0. The molecule has 16 heavy (non-hydrogen) atoms. The first-order valence-electron chi connectivity index (χ1n) is 5.30. The number of thioether (sulfide) groups is 2. The van der Waals surface area contributed by atoms with E-state index >= 15 is 0 Å². The van der Waals surface area contributed by atoms with Crippen molar-refractivity contribution in [1.82, 2.24) is 0 Å². The normalized spacial score (nSPS) is 20.4. The number of nitrogens with zero attached hydrogens (tertiary/aromatic N) is 1. The number of rotatable bonds is 2. The third kappa shape index (κ3) is 3.19. The van der Waals surface area contributed by atoms with Crippen molar-refractivity contribution >= 4 is 27.9 Å². The van der Waals surface area contributed by atoms with Gasteiger partial charge in [0.15, 0.2) is 0 Å². The quantitative estimate of drug-likeness (QED) is 0.802. The first kappa shape index (κ1) is 11.9. The van der Waals surface area contributed by atoms with Crippen LogP contribution in [0.4, 0.5) is 0 Å². The first-order chi connectivity index (χ1) is 7.78. The van der Waals surface area contributed by atoms with Crippen LogP contribution in [0.2, 0.25) is 0 Å². The van der Waals surface area contributed by atoms with Gasteiger partial charge in [0.05, 0.1) is 7.11 Å². The van der Waals surface area contributed by atoms with Gasteiger partial charge < -0.3 is 4.74 Å². The first-order valence-corrected chi connectivity index (χ1v) is 7.10. The fourth-order valence-corrected chi connectivity index (χ4v) is 3.77. The van der Waals surface area contributed by atoms with Gasteiger partial charge >= 0.3 is 0 Å². The lowest BCUT2D eigenvalue weighted by Crippen LogP contribution is -2.08. The number of methoxy groups -OCH3 is 1. The molecule has 1 atom stereocenters. The van der Waals surface area contributed by atoms with Crippen LogP contribution < -0.4 is 4.74 Å². The zero-order valence-electron chi connectivity index (χ0n) is 9.47. The molecule has 1 aromatic carbocycles. The van der Waals surface area contributed by atoms with E-state index in [1.807, 2.05) is 23.9 Å². The highest BCUT2D eigenvalue weighted by Gasteiger charge is 2.12. The molecule has 2 nitrogen and oxygen atoms in total. The van der Waals surface area contributed by atoms with Crippen molar-refractivity contribution in [3.63, 3.8) is 0 Å². The number of hydrogen-bond donors (Lipinski definition) is 0. The second-order valence-electron chi connectivity index (χ2n) is 3.66. The van der Waals surface area contributed by atoms with E-state index in [2.05, 4.69) is 24.0 Å². The van der Waals surface area contributed by atoms with Crippen LogP contribution in [-0.2, 0) is 0 Å². The summed E-state index contributed by atoms with van der Waals surface area (Å²) in [6.45, 7) is 2.17. The zero-order chi connectivity index (χ0) is 11.4. The Bertz CT molecular complexity index is 375. The molecule has 0 bridgehead atoms. The molecule has 2 rings (SSSR count). The van der Waals surface area contributed by atoms with Crippen molar-refractivity contribution < 1.29 is 4.74 Å². The van der Waals surface area contributed by atoms with E-state index in [1.165, 1.54) is 21.4 Å². The molecule has 0 fully saturated rings. The smallest absolute Gasteiger partial charge is 0.129 e. The minimum absolute atomic E-state index is 0.474. The molecule has 0 saturated carbocycles. The van der Waals surface area contributed by atoms with E-state index < -0.39 is 0 Å². The van der Waals surface area contributed by atoms with Crippen LogP contribution in [0, 0.1) is 0 Å². The summed E-state index contributed by atoms with van der Waals surface area (Å²) in [5.41, 5.74) is 0. The summed E-state index contributed by atoms with van der Waals surface area (Å²) < 4.78 is 6.32. The van der Waals surface area contributed by atoms with E-state index in [0.717, 1.165) is 5.75 Å². The van der Waals surface area contributed by atoms with Gasteiger partial charge in [-0.05, 0) is 37.6 Å². The second-order valence-corrected chi connectivity index (χ2v) is 6.06. The van der Waals surface area contributed by atoms with Gasteiger partial charge in [-0.3, -0.25) is 4.99 Å². The van der Waals surface area contributed by atoms with Crippen molar-refractivity contribution in [3.8, 4) is 5.75 Å². The van der Waals surface area contributed by atoms with Crippen LogP contribution in [0.15, 0.2) is 34.2 Å². The number of hydrogen-bond acceptors (Lipinski definition) is 4. The molecule has 4 heteroatoms. The molecule has 0 saturated heterocycles. The topological polar surface area (TPSA) is 21.6 Å². The van der Waals surface area contributed by atoms with E-state index in [9.17, 15) is 0 Å². The van der Waals surface area contributed by atoms with Gasteiger partial charge in [0, 0.05) is 16.7 Å². The lowest BCUT2D eigenvalue weighted by atomic mass is 10.3. The van der Waals surface area contributed by atoms with E-state index in [0.29, 0.717) is 6.04 Å². The molecule has 0 aromatic heterocycles. The molecule has 0 amide bonds. The molecule has 0 spiro atoms. The third-order valence-electron chi connectivity index (χ3n) is 2.35. The Morgan fingerprint density at radius 3 is 2.75 bits per heavy atom. The zero-order valence-corrected chi connectivity index (χ0v) is 11.1. The average Bonchev–Trinajstić information content (AvgIpc) is 2.30. The van der Waals surface area contributed by atoms with Crippen LogP contribution >= 0.6 is 23.5 Å². The Morgan fingerprint density at radius 1 is 1.38 bits per heavy atom. The van der Waals surface area contributed by atoms with Gasteiger partial charge in [-0.15, -0.1) is 0 Å². The third-order valence-corrected chi connectivity index (χ3v) is 4.54. The fraction of sp³-hybridized carbons (Fsp3) is 0.417. The number of ether oxygens (including phenoxy) is 1. The van der Waals surface area contributed by atoms with Crippen LogP contribution in [0.5, 0.6) is 5.75 Å². The van der Waals surface area contributed by atoms with Gasteiger partial charge in [-0.25, -0.2) is 0 Å². The summed E-state index contributed by atoms with van der Waals surface area (Å²) >= 11 is 3.60. The lowest BCUT2D eigenvalue weighted by molar-refractivity contribution is 0.414. The molecule has 0 aliphatic carbocycles. The van der Waals surface area contributed by atoms with Gasteiger partial charge in [-0.2, -0.15) is 0 Å². The molecular weight excluding hydrogens is 238 g/mol. The Hall–Kier alpha value is -0.610. The maximum Gasteiger partial charge on any atom is 0.129 e. The molecule has 1 heterocycles. The van der Waals surface area contributed by atoms with Gasteiger partial charge in [-0.1, -0.05) is 23.5 Å². The maximum absolute atomic E-state index is 5.13. The van der Waals surface area contributed by atoms with Crippen molar-refractivity contribution in [1.29, 1.82) is 0 Å². The Labute approximate surface area is 105 Å². The Balaban J connectivity index is 2.03. The molecule has 0 radical (unpaired) electrons. The predicted molar refractivity (Wildman–Crippen MR) is 72.8 cm³/mol. The predicted octanol–water partition coefficient (Wildman–Crippen LogP) is 3.67. The SMILES string of the molecule is COc1ccc(SC2=NC(C)CCS2)cc1. The number of benzene rings is 1. The van der Waals surface area contributed by atoms with Gasteiger partial charge in [0.2, 0.25) is 0 Å². The highest BCUT2D eigenvalue weighted by Crippen LogP contribution is 2.31. The minimum atomic E-state index is 0.474. The average molecular weight is 253 g/mol. The largest absolute Gasteiger partial charge is 0.497 e. The molecule has 1 aliphatic rings. The van der Waals surface area contributed by atoms with Crippen molar-refractivity contribution in [2.24, 2.45) is 4.99 Å². The van der Waals surface area contributed by atoms with E-state index in [1.54, 1.807) is 18.9 Å². The van der Waals surface area contributed by atoms with Crippen LogP contribution in [0.1, 0.15) is 13.3 Å². The molecule has 1 unspecified atom stereocenters. The van der Waals surface area contributed by atoms with Crippen molar-refractivity contribution in [3.05, 3.63) is 24.3 Å². The summed E-state index contributed by atoms with van der Waals surface area (Å²) in [5.74, 6) is 2.08.